The average molecular weight is 257 g/mol. The number of hydrogen-bond acceptors (Lipinski definition) is 3. The highest BCUT2D eigenvalue weighted by atomic mass is 32.2. The van der Waals surface area contributed by atoms with Crippen molar-refractivity contribution in [3.63, 3.8) is 0 Å². The second-order valence-electron chi connectivity index (χ2n) is 3.87. The fourth-order valence-electron chi connectivity index (χ4n) is 1.96. The average Bonchev–Trinajstić information content (AvgIpc) is 2.84. The number of H-pyrrole nitrogens is 2. The van der Waals surface area contributed by atoms with Crippen molar-refractivity contribution in [2.45, 2.75) is 5.16 Å². The van der Waals surface area contributed by atoms with Gasteiger partial charge in [0.25, 0.3) is 5.56 Å². The van der Waals surface area contributed by atoms with E-state index >= 15 is 0 Å². The minimum absolute atomic E-state index is 0.107. The lowest BCUT2D eigenvalue weighted by molar-refractivity contribution is 0.971. The van der Waals surface area contributed by atoms with Gasteiger partial charge in [0.05, 0.1) is 5.39 Å². The molecule has 2 aromatic heterocycles. The molecule has 2 N–H and O–H groups in total. The molecule has 90 valence electrons. The van der Waals surface area contributed by atoms with Gasteiger partial charge in [0.1, 0.15) is 5.65 Å². The monoisotopic (exact) mass is 257 g/mol. The van der Waals surface area contributed by atoms with Crippen LogP contribution in [0.1, 0.15) is 0 Å². The first-order valence-electron chi connectivity index (χ1n) is 5.50. The first-order chi connectivity index (χ1) is 8.79. The van der Waals surface area contributed by atoms with E-state index in [1.54, 1.807) is 0 Å². The van der Waals surface area contributed by atoms with E-state index in [9.17, 15) is 4.79 Å². The summed E-state index contributed by atoms with van der Waals surface area (Å²) in [7, 11) is 0. The number of nitrogens with one attached hydrogen (secondary N) is 2. The Morgan fingerprint density at radius 1 is 1.22 bits per heavy atom. The van der Waals surface area contributed by atoms with Crippen LogP contribution in [0, 0.1) is 0 Å². The smallest absolute Gasteiger partial charge is 0.261 e. The Balaban J connectivity index is 2.30. The Morgan fingerprint density at radius 2 is 2.00 bits per heavy atom. The Morgan fingerprint density at radius 3 is 2.72 bits per heavy atom. The molecule has 1 aromatic carbocycles. The summed E-state index contributed by atoms with van der Waals surface area (Å²) in [5, 5.41) is 1.23. The highest BCUT2D eigenvalue weighted by Gasteiger charge is 2.11. The van der Waals surface area contributed by atoms with Gasteiger partial charge in [-0.05, 0) is 11.8 Å². The van der Waals surface area contributed by atoms with Gasteiger partial charge in [-0.15, -0.1) is 0 Å². The Hall–Kier alpha value is -2.01. The molecule has 0 fully saturated rings. The van der Waals surface area contributed by atoms with Crippen molar-refractivity contribution in [3.05, 3.63) is 46.9 Å². The molecule has 2 heterocycles. The first kappa shape index (κ1) is 11.1. The quantitative estimate of drug-likeness (QED) is 0.548. The lowest BCUT2D eigenvalue weighted by Gasteiger charge is -1.99. The fraction of sp³-hybridized carbons (Fsp3) is 0.0769. The van der Waals surface area contributed by atoms with E-state index < -0.39 is 0 Å². The zero-order valence-corrected chi connectivity index (χ0v) is 10.5. The molecule has 0 saturated heterocycles. The summed E-state index contributed by atoms with van der Waals surface area (Å²) >= 11 is 1.42. The lowest BCUT2D eigenvalue weighted by Crippen LogP contribution is -2.08. The van der Waals surface area contributed by atoms with Crippen LogP contribution in [-0.2, 0) is 0 Å². The molecule has 0 saturated carbocycles. The van der Waals surface area contributed by atoms with Gasteiger partial charge in [0.2, 0.25) is 0 Å². The van der Waals surface area contributed by atoms with Gasteiger partial charge in [-0.2, -0.15) is 0 Å². The standard InChI is InChI=1S/C13H11N3OS/c1-18-13-15-11-10(12(17)16-13)9(7-14-11)8-5-3-2-4-6-8/h2-7H,1H3,(H2,14,15,16,17). The molecule has 5 heteroatoms. The van der Waals surface area contributed by atoms with E-state index in [-0.39, 0.29) is 5.56 Å². The third-order valence-electron chi connectivity index (χ3n) is 2.80. The molecule has 0 aliphatic carbocycles. The predicted octanol–water partition coefficient (Wildman–Crippen LogP) is 2.64. The molecule has 3 rings (SSSR count). The Labute approximate surface area is 107 Å². The molecule has 4 nitrogen and oxygen atoms in total. The molecular weight excluding hydrogens is 246 g/mol. The van der Waals surface area contributed by atoms with Crippen LogP contribution in [0.4, 0.5) is 0 Å². The second-order valence-corrected chi connectivity index (χ2v) is 4.66. The van der Waals surface area contributed by atoms with Crippen molar-refractivity contribution in [1.29, 1.82) is 0 Å². The van der Waals surface area contributed by atoms with Crippen molar-refractivity contribution in [2.24, 2.45) is 0 Å². The molecule has 0 atom stereocenters. The van der Waals surface area contributed by atoms with Crippen LogP contribution >= 0.6 is 11.8 Å². The summed E-state index contributed by atoms with van der Waals surface area (Å²) in [6, 6.07) is 9.81. The Kier molecular flexibility index (Phi) is 2.68. The van der Waals surface area contributed by atoms with E-state index in [1.165, 1.54) is 11.8 Å². The van der Waals surface area contributed by atoms with Crippen LogP contribution in [0.3, 0.4) is 0 Å². The maximum atomic E-state index is 12.1. The summed E-state index contributed by atoms with van der Waals surface area (Å²) in [5.41, 5.74) is 2.41. The van der Waals surface area contributed by atoms with Crippen LogP contribution in [-0.4, -0.2) is 21.2 Å². The fourth-order valence-corrected chi connectivity index (χ4v) is 2.34. The number of aromatic nitrogens is 3. The summed E-state index contributed by atoms with van der Waals surface area (Å²) in [6.07, 6.45) is 3.71. The normalized spacial score (nSPS) is 10.9. The first-order valence-corrected chi connectivity index (χ1v) is 6.73. The van der Waals surface area contributed by atoms with Gasteiger partial charge in [0.15, 0.2) is 5.16 Å². The lowest BCUT2D eigenvalue weighted by atomic mass is 10.1. The zero-order valence-electron chi connectivity index (χ0n) is 9.73. The highest BCUT2D eigenvalue weighted by molar-refractivity contribution is 7.98. The second kappa shape index (κ2) is 4.34. The van der Waals surface area contributed by atoms with Gasteiger partial charge in [-0.1, -0.05) is 42.1 Å². The van der Waals surface area contributed by atoms with Crippen LogP contribution in [0.25, 0.3) is 22.2 Å². The minimum Gasteiger partial charge on any atom is -0.345 e. The molecule has 0 radical (unpaired) electrons. The third-order valence-corrected chi connectivity index (χ3v) is 3.38. The number of thioether (sulfide) groups is 1. The van der Waals surface area contributed by atoms with Crippen LogP contribution in [0.2, 0.25) is 0 Å². The molecular formula is C13H11N3OS. The predicted molar refractivity (Wildman–Crippen MR) is 73.9 cm³/mol. The van der Waals surface area contributed by atoms with E-state index in [2.05, 4.69) is 15.0 Å². The SMILES string of the molecule is CSc1nc2[nH]cc(-c3ccccc3)c2c(=O)[nH]1. The van der Waals surface area contributed by atoms with Crippen molar-refractivity contribution >= 4 is 22.8 Å². The molecule has 0 aliphatic heterocycles. The molecule has 18 heavy (non-hydrogen) atoms. The van der Waals surface area contributed by atoms with Crippen LogP contribution in [0.5, 0.6) is 0 Å². The molecule has 0 aliphatic rings. The maximum absolute atomic E-state index is 12.1. The number of benzene rings is 1. The number of nitrogens with zero attached hydrogens (tertiary/aromatic N) is 1. The minimum atomic E-state index is -0.107. The van der Waals surface area contributed by atoms with E-state index in [4.69, 9.17) is 0 Å². The number of fused-ring (bicyclic) bond motifs is 1. The van der Waals surface area contributed by atoms with Gasteiger partial charge >= 0.3 is 0 Å². The highest BCUT2D eigenvalue weighted by Crippen LogP contribution is 2.25. The topological polar surface area (TPSA) is 61.5 Å². The molecule has 3 aromatic rings. The Bertz CT molecular complexity index is 746. The van der Waals surface area contributed by atoms with Gasteiger partial charge in [-0.25, -0.2) is 4.98 Å². The molecule has 0 spiro atoms. The molecule has 0 amide bonds. The van der Waals surface area contributed by atoms with Gasteiger partial charge < -0.3 is 9.97 Å². The van der Waals surface area contributed by atoms with Crippen molar-refractivity contribution < 1.29 is 0 Å². The van der Waals surface area contributed by atoms with Crippen LogP contribution in [0.15, 0.2) is 46.5 Å². The number of rotatable bonds is 2. The van der Waals surface area contributed by atoms with E-state index in [0.717, 1.165) is 11.1 Å². The summed E-state index contributed by atoms with van der Waals surface area (Å²) in [6.45, 7) is 0. The van der Waals surface area contributed by atoms with Crippen molar-refractivity contribution in [3.8, 4) is 11.1 Å². The molecule has 0 unspecified atom stereocenters. The van der Waals surface area contributed by atoms with Crippen molar-refractivity contribution in [1.82, 2.24) is 15.0 Å². The van der Waals surface area contributed by atoms with E-state index in [1.807, 2.05) is 42.8 Å². The van der Waals surface area contributed by atoms with Gasteiger partial charge in [-0.3, -0.25) is 4.79 Å². The summed E-state index contributed by atoms with van der Waals surface area (Å²) in [5.74, 6) is 0. The van der Waals surface area contributed by atoms with Gasteiger partial charge in [0, 0.05) is 11.8 Å². The number of hydrogen-bond donors (Lipinski definition) is 2. The third kappa shape index (κ3) is 1.73. The zero-order chi connectivity index (χ0) is 12.5. The molecule has 0 bridgehead atoms. The van der Waals surface area contributed by atoms with Crippen LogP contribution < -0.4 is 5.56 Å². The largest absolute Gasteiger partial charge is 0.345 e. The summed E-state index contributed by atoms with van der Waals surface area (Å²) in [4.78, 5) is 22.3. The van der Waals surface area contributed by atoms with E-state index in [0.29, 0.717) is 16.2 Å². The number of aromatic amines is 2. The summed E-state index contributed by atoms with van der Waals surface area (Å²) < 4.78 is 0. The van der Waals surface area contributed by atoms with Crippen molar-refractivity contribution in [2.75, 3.05) is 6.26 Å². The maximum Gasteiger partial charge on any atom is 0.261 e.